The summed E-state index contributed by atoms with van der Waals surface area (Å²) in [5.41, 5.74) is 4.05. The lowest BCUT2D eigenvalue weighted by atomic mass is 9.64. The molecule has 4 nitrogen and oxygen atoms in total. The molecule has 4 heteroatoms. The van der Waals surface area contributed by atoms with Crippen molar-refractivity contribution in [2.75, 3.05) is 0 Å². The number of nitrogens with one attached hydrogen (secondary N) is 1. The maximum atomic E-state index is 12.3. The number of aliphatic hydroxyl groups is 1. The van der Waals surface area contributed by atoms with E-state index in [4.69, 9.17) is 0 Å². The van der Waals surface area contributed by atoms with Gasteiger partial charge in [-0.2, -0.15) is 5.10 Å². The van der Waals surface area contributed by atoms with Gasteiger partial charge in [-0.1, -0.05) is 29.8 Å². The fourth-order valence-corrected chi connectivity index (χ4v) is 3.82. The number of carbonyl (C=O) groups excluding carboxylic acids is 1. The molecule has 0 saturated heterocycles. The maximum absolute atomic E-state index is 12.3. The lowest BCUT2D eigenvalue weighted by molar-refractivity contribution is -0.130. The molecular weight excluding hydrogens is 276 g/mol. The minimum absolute atomic E-state index is 0.0156. The first kappa shape index (κ1) is 15.0. The molecule has 1 heterocycles. The van der Waals surface area contributed by atoms with Crippen LogP contribution in [0.15, 0.2) is 24.3 Å². The van der Waals surface area contributed by atoms with Gasteiger partial charge >= 0.3 is 0 Å². The van der Waals surface area contributed by atoms with Gasteiger partial charge in [0.1, 0.15) is 5.78 Å². The average molecular weight is 298 g/mol. The molecule has 2 N–H and O–H groups in total. The van der Waals surface area contributed by atoms with E-state index in [1.165, 1.54) is 5.56 Å². The number of hydrogen-bond acceptors (Lipinski definition) is 3. The lowest BCUT2D eigenvalue weighted by Crippen LogP contribution is -2.48. The van der Waals surface area contributed by atoms with Gasteiger partial charge in [0.25, 0.3) is 0 Å². The number of aromatic amines is 1. The van der Waals surface area contributed by atoms with Crippen molar-refractivity contribution in [2.45, 2.75) is 45.6 Å². The van der Waals surface area contributed by atoms with Crippen molar-refractivity contribution in [3.8, 4) is 0 Å². The summed E-state index contributed by atoms with van der Waals surface area (Å²) in [4.78, 5) is 12.3. The molecule has 3 rings (SSSR count). The van der Waals surface area contributed by atoms with Crippen molar-refractivity contribution >= 4 is 5.78 Å². The van der Waals surface area contributed by atoms with E-state index in [9.17, 15) is 9.90 Å². The second-order valence-corrected chi connectivity index (χ2v) is 6.72. The molecule has 116 valence electrons. The first-order chi connectivity index (χ1) is 10.3. The number of ketones is 1. The van der Waals surface area contributed by atoms with Crippen LogP contribution in [0.2, 0.25) is 0 Å². The van der Waals surface area contributed by atoms with E-state index in [1.54, 1.807) is 13.8 Å². The molecule has 0 bridgehead atoms. The second kappa shape index (κ2) is 5.06. The van der Waals surface area contributed by atoms with Crippen LogP contribution >= 0.6 is 0 Å². The van der Waals surface area contributed by atoms with Crippen LogP contribution in [0.1, 0.15) is 47.8 Å². The van der Waals surface area contributed by atoms with Gasteiger partial charge in [0.15, 0.2) is 0 Å². The summed E-state index contributed by atoms with van der Waals surface area (Å²) in [6, 6.07) is 8.19. The Kier molecular flexibility index (Phi) is 3.44. The van der Waals surface area contributed by atoms with Crippen molar-refractivity contribution in [3.63, 3.8) is 0 Å². The summed E-state index contributed by atoms with van der Waals surface area (Å²) in [5, 5.41) is 18.2. The molecule has 1 aliphatic rings. The molecule has 2 aromatic rings. The number of Topliss-reactive ketones (excluding diaryl/α,β-unsaturated/α-hetero) is 1. The fourth-order valence-electron chi connectivity index (χ4n) is 3.82. The molecule has 0 saturated carbocycles. The smallest absolute Gasteiger partial charge is 0.136 e. The van der Waals surface area contributed by atoms with E-state index in [1.807, 2.05) is 38.1 Å². The van der Waals surface area contributed by atoms with Gasteiger partial charge in [-0.25, -0.2) is 0 Å². The monoisotopic (exact) mass is 298 g/mol. The summed E-state index contributed by atoms with van der Waals surface area (Å²) in [5.74, 6) is -0.601. The number of fused-ring (bicyclic) bond motifs is 1. The van der Waals surface area contributed by atoms with E-state index in [0.717, 1.165) is 22.5 Å². The van der Waals surface area contributed by atoms with E-state index in [0.29, 0.717) is 6.42 Å². The minimum atomic E-state index is -1.09. The van der Waals surface area contributed by atoms with E-state index >= 15 is 0 Å². The standard InChI is InChI=1S/C18H22N2O2/c1-10-5-7-13(8-6-10)16-15-11(2)19-20-14(15)9-18(4,22)17(16)12(3)21/h5-8,16-17,22H,9H2,1-4H3,(H,19,20)/t16-,17-,18+/m1/s1. The van der Waals surface area contributed by atoms with Crippen LogP contribution in [-0.2, 0) is 11.2 Å². The number of nitrogens with zero attached hydrogens (tertiary/aromatic N) is 1. The Bertz CT molecular complexity index is 713. The predicted molar refractivity (Wildman–Crippen MR) is 84.8 cm³/mol. The van der Waals surface area contributed by atoms with Gasteiger partial charge in [0.2, 0.25) is 0 Å². The molecule has 22 heavy (non-hydrogen) atoms. The Morgan fingerprint density at radius 1 is 1.32 bits per heavy atom. The van der Waals surface area contributed by atoms with E-state index < -0.39 is 11.5 Å². The highest BCUT2D eigenvalue weighted by Crippen LogP contribution is 2.46. The summed E-state index contributed by atoms with van der Waals surface area (Å²) in [6.07, 6.45) is 0.402. The van der Waals surface area contributed by atoms with Crippen LogP contribution in [0, 0.1) is 19.8 Å². The largest absolute Gasteiger partial charge is 0.389 e. The molecule has 0 radical (unpaired) electrons. The molecule has 3 atom stereocenters. The van der Waals surface area contributed by atoms with Crippen LogP contribution in [0.3, 0.4) is 0 Å². The molecule has 0 fully saturated rings. The van der Waals surface area contributed by atoms with Gasteiger partial charge < -0.3 is 5.11 Å². The molecule has 1 aliphatic carbocycles. The molecular formula is C18H22N2O2. The number of hydrogen-bond donors (Lipinski definition) is 2. The van der Waals surface area contributed by atoms with Crippen LogP contribution < -0.4 is 0 Å². The molecule has 0 unspecified atom stereocenters. The number of H-pyrrole nitrogens is 1. The topological polar surface area (TPSA) is 66.0 Å². The highest BCUT2D eigenvalue weighted by Gasteiger charge is 2.48. The van der Waals surface area contributed by atoms with Crippen molar-refractivity contribution in [3.05, 3.63) is 52.3 Å². The van der Waals surface area contributed by atoms with E-state index in [2.05, 4.69) is 10.2 Å². The molecule has 0 amide bonds. The Balaban J connectivity index is 2.23. The third-order valence-corrected chi connectivity index (χ3v) is 4.79. The lowest BCUT2D eigenvalue weighted by Gasteiger charge is -2.41. The second-order valence-electron chi connectivity index (χ2n) is 6.72. The van der Waals surface area contributed by atoms with Crippen molar-refractivity contribution in [1.29, 1.82) is 0 Å². The van der Waals surface area contributed by atoms with Crippen molar-refractivity contribution in [2.24, 2.45) is 5.92 Å². The Labute approximate surface area is 130 Å². The van der Waals surface area contributed by atoms with Crippen LogP contribution in [0.25, 0.3) is 0 Å². The highest BCUT2D eigenvalue weighted by atomic mass is 16.3. The predicted octanol–water partition coefficient (Wildman–Crippen LogP) is 2.67. The molecule has 0 aliphatic heterocycles. The molecule has 0 spiro atoms. The molecule has 1 aromatic carbocycles. The Morgan fingerprint density at radius 3 is 2.55 bits per heavy atom. The minimum Gasteiger partial charge on any atom is -0.389 e. The summed E-state index contributed by atoms with van der Waals surface area (Å²) in [7, 11) is 0. The summed E-state index contributed by atoms with van der Waals surface area (Å²) in [6.45, 7) is 7.33. The third kappa shape index (κ3) is 2.28. The normalized spacial score (nSPS) is 27.5. The zero-order chi connectivity index (χ0) is 16.1. The van der Waals surface area contributed by atoms with Gasteiger partial charge in [-0.3, -0.25) is 9.89 Å². The maximum Gasteiger partial charge on any atom is 0.136 e. The van der Waals surface area contributed by atoms with Crippen molar-refractivity contribution < 1.29 is 9.90 Å². The van der Waals surface area contributed by atoms with Crippen LogP contribution in [0.5, 0.6) is 0 Å². The van der Waals surface area contributed by atoms with Crippen LogP contribution in [-0.4, -0.2) is 26.7 Å². The number of aromatic nitrogens is 2. The van der Waals surface area contributed by atoms with Crippen molar-refractivity contribution in [1.82, 2.24) is 10.2 Å². The van der Waals surface area contributed by atoms with Crippen LogP contribution in [0.4, 0.5) is 0 Å². The zero-order valence-electron chi connectivity index (χ0n) is 13.5. The Morgan fingerprint density at radius 2 is 1.95 bits per heavy atom. The van der Waals surface area contributed by atoms with Gasteiger partial charge in [-0.05, 0) is 33.3 Å². The number of rotatable bonds is 2. The SMILES string of the molecule is CC(=O)[C@@H]1[C@H](c2ccc(C)cc2)c2c(n[nH]c2C)C[C@]1(C)O. The first-order valence-corrected chi connectivity index (χ1v) is 7.64. The summed E-state index contributed by atoms with van der Waals surface area (Å²) < 4.78 is 0. The van der Waals surface area contributed by atoms with Gasteiger partial charge in [0, 0.05) is 23.6 Å². The Hall–Kier alpha value is -1.94. The van der Waals surface area contributed by atoms with Gasteiger partial charge in [-0.15, -0.1) is 0 Å². The fraction of sp³-hybridized carbons (Fsp3) is 0.444. The molecule has 1 aromatic heterocycles. The summed E-state index contributed by atoms with van der Waals surface area (Å²) >= 11 is 0. The quantitative estimate of drug-likeness (QED) is 0.896. The number of benzene rings is 1. The zero-order valence-corrected chi connectivity index (χ0v) is 13.5. The number of aryl methyl sites for hydroxylation is 2. The first-order valence-electron chi connectivity index (χ1n) is 7.64. The number of carbonyl (C=O) groups is 1. The van der Waals surface area contributed by atoms with Gasteiger partial charge in [0.05, 0.1) is 17.2 Å². The average Bonchev–Trinajstić information content (AvgIpc) is 2.77. The highest BCUT2D eigenvalue weighted by molar-refractivity contribution is 5.82. The third-order valence-electron chi connectivity index (χ3n) is 4.79. The van der Waals surface area contributed by atoms with E-state index in [-0.39, 0.29) is 11.7 Å².